The predicted octanol–water partition coefficient (Wildman–Crippen LogP) is 1.85. The average Bonchev–Trinajstić information content (AvgIpc) is 3.30. The first kappa shape index (κ1) is 22.1. The van der Waals surface area contributed by atoms with Crippen molar-refractivity contribution in [2.24, 2.45) is 11.8 Å². The number of aliphatic hydroxyl groups excluding tert-OH is 1. The summed E-state index contributed by atoms with van der Waals surface area (Å²) in [5, 5.41) is 15.7. The summed E-state index contributed by atoms with van der Waals surface area (Å²) >= 11 is 1.63. The number of carbonyl (C=O) groups excluding carboxylic acids is 3. The van der Waals surface area contributed by atoms with E-state index in [4.69, 9.17) is 0 Å². The molecule has 2 unspecified atom stereocenters. The van der Waals surface area contributed by atoms with Crippen LogP contribution in [0.4, 0.5) is 5.69 Å². The van der Waals surface area contributed by atoms with Gasteiger partial charge in [-0.05, 0) is 51.7 Å². The predicted molar refractivity (Wildman–Crippen MR) is 121 cm³/mol. The van der Waals surface area contributed by atoms with E-state index >= 15 is 0 Å². The Hall–Kier alpha value is -2.06. The minimum absolute atomic E-state index is 0.151. The standard InChI is InChI=1S/C23H31N3O4S/c1-12-7-6-8-13(2)17(12)25-20(29)18-23-10-9-22(4,31-23)15(19(28)24-5)16(23)21(30)26(18)14(3)11-27/h6-8,14-16,18,27H,9-11H2,1-5H3,(H,24,28)(H,25,29)/t14-,15-,16+,18?,22+,23?/m1/s1. The summed E-state index contributed by atoms with van der Waals surface area (Å²) in [6, 6.07) is 4.57. The normalized spacial score (nSPS) is 34.6. The van der Waals surface area contributed by atoms with Crippen LogP contribution < -0.4 is 10.6 Å². The molecule has 1 aromatic rings. The lowest BCUT2D eigenvalue weighted by molar-refractivity contribution is -0.142. The van der Waals surface area contributed by atoms with Crippen LogP contribution in [-0.4, -0.2) is 63.0 Å². The molecule has 31 heavy (non-hydrogen) atoms. The molecule has 8 heteroatoms. The van der Waals surface area contributed by atoms with E-state index in [1.165, 1.54) is 0 Å². The zero-order valence-electron chi connectivity index (χ0n) is 18.7. The quantitative estimate of drug-likeness (QED) is 0.643. The van der Waals surface area contributed by atoms with Gasteiger partial charge in [0, 0.05) is 17.5 Å². The number of aliphatic hydroxyl groups is 1. The number of para-hydroxylation sites is 1. The van der Waals surface area contributed by atoms with Gasteiger partial charge < -0.3 is 20.6 Å². The van der Waals surface area contributed by atoms with Crippen LogP contribution in [0.5, 0.6) is 0 Å². The van der Waals surface area contributed by atoms with Crippen molar-refractivity contribution in [1.29, 1.82) is 0 Å². The number of likely N-dealkylation sites (tertiary alicyclic amines) is 1. The lowest BCUT2D eigenvalue weighted by Gasteiger charge is -2.36. The molecule has 0 saturated carbocycles. The Morgan fingerprint density at radius 2 is 1.90 bits per heavy atom. The van der Waals surface area contributed by atoms with E-state index < -0.39 is 28.7 Å². The fourth-order valence-electron chi connectivity index (χ4n) is 5.99. The van der Waals surface area contributed by atoms with Crippen molar-refractivity contribution < 1.29 is 19.5 Å². The molecule has 3 amide bonds. The average molecular weight is 446 g/mol. The molecule has 1 aromatic carbocycles. The number of fused-ring (bicyclic) bond motifs is 1. The van der Waals surface area contributed by atoms with Crippen LogP contribution in [0.3, 0.4) is 0 Å². The zero-order valence-corrected chi connectivity index (χ0v) is 19.5. The minimum Gasteiger partial charge on any atom is -0.394 e. The lowest BCUT2D eigenvalue weighted by Crippen LogP contribution is -2.54. The number of amides is 3. The Morgan fingerprint density at radius 3 is 2.48 bits per heavy atom. The minimum atomic E-state index is -0.743. The molecule has 3 aliphatic heterocycles. The molecule has 0 radical (unpaired) electrons. The fraction of sp³-hybridized carbons (Fsp3) is 0.609. The van der Waals surface area contributed by atoms with Gasteiger partial charge in [0.15, 0.2) is 0 Å². The third kappa shape index (κ3) is 3.02. The monoisotopic (exact) mass is 445 g/mol. The molecule has 2 bridgehead atoms. The first-order valence-electron chi connectivity index (χ1n) is 10.8. The second-order valence-electron chi connectivity index (χ2n) is 9.37. The number of benzene rings is 1. The van der Waals surface area contributed by atoms with Gasteiger partial charge in [0.1, 0.15) is 6.04 Å². The van der Waals surface area contributed by atoms with Gasteiger partial charge in [-0.15, -0.1) is 11.8 Å². The second-order valence-corrected chi connectivity index (χ2v) is 11.3. The summed E-state index contributed by atoms with van der Waals surface area (Å²) in [6.07, 6.45) is 1.46. The van der Waals surface area contributed by atoms with Crippen molar-refractivity contribution in [1.82, 2.24) is 10.2 Å². The summed E-state index contributed by atoms with van der Waals surface area (Å²) < 4.78 is -1.06. The number of nitrogens with zero attached hydrogens (tertiary/aromatic N) is 1. The highest BCUT2D eigenvalue weighted by atomic mass is 32.2. The van der Waals surface area contributed by atoms with Gasteiger partial charge in [-0.2, -0.15) is 0 Å². The van der Waals surface area contributed by atoms with Gasteiger partial charge >= 0.3 is 0 Å². The van der Waals surface area contributed by atoms with Gasteiger partial charge in [-0.1, -0.05) is 18.2 Å². The number of aryl methyl sites for hydroxylation is 2. The molecule has 4 rings (SSSR count). The van der Waals surface area contributed by atoms with Crippen LogP contribution in [0.2, 0.25) is 0 Å². The highest BCUT2D eigenvalue weighted by Crippen LogP contribution is 2.71. The van der Waals surface area contributed by atoms with E-state index in [0.29, 0.717) is 6.42 Å². The lowest BCUT2D eigenvalue weighted by atomic mass is 9.66. The van der Waals surface area contributed by atoms with Crippen molar-refractivity contribution in [3.8, 4) is 0 Å². The van der Waals surface area contributed by atoms with Crippen molar-refractivity contribution >= 4 is 35.2 Å². The van der Waals surface area contributed by atoms with Crippen LogP contribution in [0.15, 0.2) is 18.2 Å². The van der Waals surface area contributed by atoms with Crippen molar-refractivity contribution in [2.75, 3.05) is 19.0 Å². The maximum atomic E-state index is 13.8. The van der Waals surface area contributed by atoms with E-state index in [0.717, 1.165) is 23.2 Å². The van der Waals surface area contributed by atoms with Crippen LogP contribution in [0.25, 0.3) is 0 Å². The van der Waals surface area contributed by atoms with Crippen LogP contribution >= 0.6 is 11.8 Å². The van der Waals surface area contributed by atoms with Crippen molar-refractivity contribution in [3.05, 3.63) is 29.3 Å². The molecule has 3 heterocycles. The van der Waals surface area contributed by atoms with Gasteiger partial charge in [0.25, 0.3) is 0 Å². The van der Waals surface area contributed by atoms with Crippen molar-refractivity contribution in [3.63, 3.8) is 0 Å². The van der Waals surface area contributed by atoms with E-state index in [1.54, 1.807) is 30.6 Å². The summed E-state index contributed by atoms with van der Waals surface area (Å²) in [6.45, 7) is 7.43. The molecule has 1 spiro atoms. The van der Waals surface area contributed by atoms with Crippen molar-refractivity contribution in [2.45, 2.75) is 62.1 Å². The van der Waals surface area contributed by atoms with E-state index in [2.05, 4.69) is 10.6 Å². The van der Waals surface area contributed by atoms with Gasteiger partial charge in [0.2, 0.25) is 17.7 Å². The molecule has 3 saturated heterocycles. The van der Waals surface area contributed by atoms with Gasteiger partial charge in [0.05, 0.1) is 29.2 Å². The molecule has 168 valence electrons. The maximum absolute atomic E-state index is 13.8. The van der Waals surface area contributed by atoms with Crippen LogP contribution in [-0.2, 0) is 14.4 Å². The molecule has 3 fully saturated rings. The number of carbonyl (C=O) groups is 3. The Bertz CT molecular complexity index is 932. The summed E-state index contributed by atoms with van der Waals surface area (Å²) in [7, 11) is 1.59. The zero-order chi connectivity index (χ0) is 22.7. The largest absolute Gasteiger partial charge is 0.394 e. The first-order valence-corrected chi connectivity index (χ1v) is 11.6. The van der Waals surface area contributed by atoms with Gasteiger partial charge in [-0.3, -0.25) is 14.4 Å². The number of thioether (sulfide) groups is 1. The third-order valence-corrected chi connectivity index (χ3v) is 9.45. The Balaban J connectivity index is 1.79. The van der Waals surface area contributed by atoms with Gasteiger partial charge in [-0.25, -0.2) is 0 Å². The fourth-order valence-corrected chi connectivity index (χ4v) is 8.33. The molecular formula is C23H31N3O4S. The number of rotatable bonds is 5. The highest BCUT2D eigenvalue weighted by molar-refractivity contribution is 8.02. The Kier molecular flexibility index (Phi) is 5.37. The highest BCUT2D eigenvalue weighted by Gasteiger charge is 2.77. The second kappa shape index (κ2) is 7.52. The molecular weight excluding hydrogens is 414 g/mol. The smallest absolute Gasteiger partial charge is 0.248 e. The first-order chi connectivity index (χ1) is 14.6. The maximum Gasteiger partial charge on any atom is 0.248 e. The Morgan fingerprint density at radius 1 is 1.26 bits per heavy atom. The number of nitrogens with one attached hydrogen (secondary N) is 2. The summed E-state index contributed by atoms with van der Waals surface area (Å²) in [4.78, 5) is 41.9. The van der Waals surface area contributed by atoms with E-state index in [9.17, 15) is 19.5 Å². The van der Waals surface area contributed by atoms with Crippen LogP contribution in [0, 0.1) is 25.7 Å². The number of hydrogen-bond acceptors (Lipinski definition) is 5. The molecule has 7 nitrogen and oxygen atoms in total. The van der Waals surface area contributed by atoms with E-state index in [-0.39, 0.29) is 29.1 Å². The SMILES string of the molecule is CNC(=O)[C@H]1[C@H]2C(=O)N([C@H](C)CO)C(C(=O)Nc3c(C)cccc3C)C23CC[C@]1(C)S3. The molecule has 0 aliphatic carbocycles. The molecule has 3 N–H and O–H groups in total. The summed E-state index contributed by atoms with van der Waals surface area (Å²) in [5.41, 5.74) is 2.65. The number of hydrogen-bond donors (Lipinski definition) is 3. The summed E-state index contributed by atoms with van der Waals surface area (Å²) in [5.74, 6) is -1.66. The van der Waals surface area contributed by atoms with E-state index in [1.807, 2.05) is 39.0 Å². The topological polar surface area (TPSA) is 98.7 Å². The number of anilines is 1. The third-order valence-electron chi connectivity index (χ3n) is 7.46. The van der Waals surface area contributed by atoms with Crippen LogP contribution in [0.1, 0.15) is 37.8 Å². The molecule has 3 aliphatic rings. The molecule has 0 aromatic heterocycles. The Labute approximate surface area is 187 Å². The molecule has 6 atom stereocenters.